The molecule has 4 unspecified atom stereocenters. The summed E-state index contributed by atoms with van der Waals surface area (Å²) in [4.78, 5) is 82.7. The number of aliphatic carboxylic acids is 1. The van der Waals surface area contributed by atoms with Gasteiger partial charge in [-0.3, -0.25) is 28.8 Å². The van der Waals surface area contributed by atoms with E-state index in [2.05, 4.69) is 16.0 Å². The van der Waals surface area contributed by atoms with Gasteiger partial charge >= 0.3 is 5.97 Å². The van der Waals surface area contributed by atoms with Gasteiger partial charge < -0.3 is 49.7 Å². The summed E-state index contributed by atoms with van der Waals surface area (Å²) in [5, 5.41) is 16.1. The third-order valence-electron chi connectivity index (χ3n) is 4.95. The standard InChI is InChI=1S/C20H36N8O8/c21-8-2-1-3-11(26-17(32)10(22)4-6-14(23)29)18(33)27-12(5-7-15(24)30)19(34)28-13(20(35)36)9-16(25)31/h10-13H,1-9,21-22H2,(H2,23,29)(H2,24,30)(H2,25,31)(H,26,32)(H,27,33)(H,28,34)(H,35,36). The van der Waals surface area contributed by atoms with Crippen LogP contribution in [0.5, 0.6) is 0 Å². The monoisotopic (exact) mass is 516 g/mol. The van der Waals surface area contributed by atoms with Gasteiger partial charge in [0, 0.05) is 12.8 Å². The number of carbonyl (C=O) groups excluding carboxylic acids is 6. The zero-order valence-electron chi connectivity index (χ0n) is 19.9. The van der Waals surface area contributed by atoms with E-state index in [4.69, 9.17) is 28.7 Å². The Kier molecular flexibility index (Phi) is 15.0. The van der Waals surface area contributed by atoms with E-state index in [9.17, 15) is 38.7 Å². The first kappa shape index (κ1) is 32.2. The average molecular weight is 517 g/mol. The first-order valence-corrected chi connectivity index (χ1v) is 11.2. The number of primary amides is 3. The van der Waals surface area contributed by atoms with Crippen LogP contribution < -0.4 is 44.6 Å². The summed E-state index contributed by atoms with van der Waals surface area (Å²) >= 11 is 0. The largest absolute Gasteiger partial charge is 0.480 e. The van der Waals surface area contributed by atoms with Gasteiger partial charge in [0.2, 0.25) is 35.4 Å². The van der Waals surface area contributed by atoms with E-state index in [0.717, 1.165) is 0 Å². The summed E-state index contributed by atoms with van der Waals surface area (Å²) in [5.74, 6) is -6.56. The molecule has 0 bridgehead atoms. The van der Waals surface area contributed by atoms with Crippen molar-refractivity contribution in [1.82, 2.24) is 16.0 Å². The van der Waals surface area contributed by atoms with Crippen LogP contribution in [0.2, 0.25) is 0 Å². The SMILES string of the molecule is NCCCCC(NC(=O)C(N)CCC(N)=O)C(=O)NC(CCC(N)=O)C(=O)NC(CC(N)=O)C(=O)O. The Morgan fingerprint density at radius 1 is 0.639 bits per heavy atom. The average Bonchev–Trinajstić information content (AvgIpc) is 2.78. The molecule has 0 aromatic heterocycles. The van der Waals surface area contributed by atoms with Crippen molar-refractivity contribution in [3.8, 4) is 0 Å². The minimum Gasteiger partial charge on any atom is -0.480 e. The molecule has 0 radical (unpaired) electrons. The van der Waals surface area contributed by atoms with Gasteiger partial charge in [0.05, 0.1) is 12.5 Å². The maximum atomic E-state index is 13.0. The van der Waals surface area contributed by atoms with Gasteiger partial charge in [-0.05, 0) is 38.6 Å². The molecule has 14 N–H and O–H groups in total. The first-order chi connectivity index (χ1) is 16.8. The van der Waals surface area contributed by atoms with Crippen molar-refractivity contribution in [2.45, 2.75) is 75.5 Å². The number of carboxylic acid groups (broad SMARTS) is 1. The smallest absolute Gasteiger partial charge is 0.326 e. The van der Waals surface area contributed by atoms with Crippen LogP contribution in [-0.4, -0.2) is 77.2 Å². The lowest BCUT2D eigenvalue weighted by Gasteiger charge is -2.25. The Morgan fingerprint density at radius 3 is 1.58 bits per heavy atom. The Morgan fingerprint density at radius 2 is 1.11 bits per heavy atom. The molecule has 0 aliphatic heterocycles. The van der Waals surface area contributed by atoms with Crippen LogP contribution >= 0.6 is 0 Å². The lowest BCUT2D eigenvalue weighted by molar-refractivity contribution is -0.144. The number of unbranched alkanes of at least 4 members (excludes halogenated alkanes) is 1. The molecule has 36 heavy (non-hydrogen) atoms. The second-order valence-electron chi connectivity index (χ2n) is 8.09. The lowest BCUT2D eigenvalue weighted by Crippen LogP contribution is -2.57. The molecular formula is C20H36N8O8. The number of carboxylic acids is 1. The summed E-state index contributed by atoms with van der Waals surface area (Å²) in [6, 6.07) is -5.42. The van der Waals surface area contributed by atoms with Crippen LogP contribution in [0.3, 0.4) is 0 Å². The zero-order valence-corrected chi connectivity index (χ0v) is 19.9. The number of carbonyl (C=O) groups is 7. The molecule has 6 amide bonds. The molecule has 0 rings (SSSR count). The molecule has 16 heteroatoms. The van der Waals surface area contributed by atoms with Gasteiger partial charge in [-0.1, -0.05) is 0 Å². The molecule has 16 nitrogen and oxygen atoms in total. The molecule has 4 atom stereocenters. The molecule has 0 spiro atoms. The fourth-order valence-electron chi connectivity index (χ4n) is 2.97. The maximum absolute atomic E-state index is 13.0. The number of amides is 6. The van der Waals surface area contributed by atoms with E-state index in [-0.39, 0.29) is 32.1 Å². The highest BCUT2D eigenvalue weighted by atomic mass is 16.4. The molecule has 0 aromatic rings. The van der Waals surface area contributed by atoms with E-state index in [1.807, 2.05) is 0 Å². The van der Waals surface area contributed by atoms with Crippen molar-refractivity contribution < 1.29 is 38.7 Å². The predicted octanol–water partition coefficient (Wildman–Crippen LogP) is -4.61. The van der Waals surface area contributed by atoms with Gasteiger partial charge in [-0.25, -0.2) is 4.79 Å². The lowest BCUT2D eigenvalue weighted by atomic mass is 10.0. The summed E-state index contributed by atoms with van der Waals surface area (Å²) in [6.45, 7) is 0.320. The molecule has 0 saturated heterocycles. The number of nitrogens with one attached hydrogen (secondary N) is 3. The van der Waals surface area contributed by atoms with Gasteiger partial charge in [0.1, 0.15) is 18.1 Å². The first-order valence-electron chi connectivity index (χ1n) is 11.2. The van der Waals surface area contributed by atoms with Gasteiger partial charge in [-0.2, -0.15) is 0 Å². The second-order valence-corrected chi connectivity index (χ2v) is 8.09. The number of hydrogen-bond donors (Lipinski definition) is 9. The normalized spacial score (nSPS) is 13.9. The van der Waals surface area contributed by atoms with Crippen LogP contribution in [0.15, 0.2) is 0 Å². The minimum atomic E-state index is -1.67. The summed E-state index contributed by atoms with van der Waals surface area (Å²) < 4.78 is 0. The molecule has 0 aliphatic rings. The summed E-state index contributed by atoms with van der Waals surface area (Å²) in [5.41, 5.74) is 26.4. The fraction of sp³-hybridized carbons (Fsp3) is 0.650. The highest BCUT2D eigenvalue weighted by Gasteiger charge is 2.31. The molecule has 0 fully saturated rings. The molecule has 0 saturated carbocycles. The molecular weight excluding hydrogens is 480 g/mol. The Balaban J connectivity index is 5.58. The molecule has 0 heterocycles. The third-order valence-corrected chi connectivity index (χ3v) is 4.95. The van der Waals surface area contributed by atoms with Crippen LogP contribution in [0.25, 0.3) is 0 Å². The highest BCUT2D eigenvalue weighted by Crippen LogP contribution is 2.06. The van der Waals surface area contributed by atoms with E-state index >= 15 is 0 Å². The number of nitrogens with two attached hydrogens (primary N) is 5. The topological polar surface area (TPSA) is 306 Å². The van der Waals surface area contributed by atoms with Crippen LogP contribution in [0.1, 0.15) is 51.4 Å². The summed E-state index contributed by atoms with van der Waals surface area (Å²) in [6.07, 6.45) is -0.497. The number of hydrogen-bond acceptors (Lipinski definition) is 9. The Labute approximate surface area is 207 Å². The van der Waals surface area contributed by atoms with Crippen molar-refractivity contribution in [3.63, 3.8) is 0 Å². The van der Waals surface area contributed by atoms with Gasteiger partial charge in [-0.15, -0.1) is 0 Å². The van der Waals surface area contributed by atoms with Crippen molar-refractivity contribution in [3.05, 3.63) is 0 Å². The summed E-state index contributed by atoms with van der Waals surface area (Å²) in [7, 11) is 0. The Bertz CT molecular complexity index is 822. The quantitative estimate of drug-likeness (QED) is 0.0739. The second kappa shape index (κ2) is 16.8. The molecule has 0 aromatic carbocycles. The van der Waals surface area contributed by atoms with Gasteiger partial charge in [0.25, 0.3) is 0 Å². The van der Waals surface area contributed by atoms with E-state index < -0.39 is 72.0 Å². The number of rotatable bonds is 19. The third kappa shape index (κ3) is 13.8. The molecule has 0 aliphatic carbocycles. The predicted molar refractivity (Wildman–Crippen MR) is 125 cm³/mol. The van der Waals surface area contributed by atoms with Crippen molar-refractivity contribution in [2.24, 2.45) is 28.7 Å². The minimum absolute atomic E-state index is 0.0572. The van der Waals surface area contributed by atoms with E-state index in [1.54, 1.807) is 0 Å². The maximum Gasteiger partial charge on any atom is 0.326 e. The van der Waals surface area contributed by atoms with Gasteiger partial charge in [0.15, 0.2) is 0 Å². The fourth-order valence-corrected chi connectivity index (χ4v) is 2.97. The van der Waals surface area contributed by atoms with Crippen LogP contribution in [0.4, 0.5) is 0 Å². The van der Waals surface area contributed by atoms with Crippen LogP contribution in [-0.2, 0) is 33.6 Å². The van der Waals surface area contributed by atoms with Crippen molar-refractivity contribution in [1.29, 1.82) is 0 Å². The van der Waals surface area contributed by atoms with E-state index in [1.165, 1.54) is 0 Å². The van der Waals surface area contributed by atoms with Crippen molar-refractivity contribution in [2.75, 3.05) is 6.54 Å². The zero-order chi connectivity index (χ0) is 27.8. The Hall–Kier alpha value is -3.79. The highest BCUT2D eigenvalue weighted by molar-refractivity contribution is 5.95. The van der Waals surface area contributed by atoms with Crippen LogP contribution in [0, 0.1) is 0 Å². The van der Waals surface area contributed by atoms with Crippen molar-refractivity contribution >= 4 is 41.4 Å². The molecule has 204 valence electrons. The van der Waals surface area contributed by atoms with E-state index in [0.29, 0.717) is 19.4 Å².